The van der Waals surface area contributed by atoms with Gasteiger partial charge < -0.3 is 10.1 Å². The zero-order valence-electron chi connectivity index (χ0n) is 16.7. The van der Waals surface area contributed by atoms with E-state index in [2.05, 4.69) is 14.8 Å². The summed E-state index contributed by atoms with van der Waals surface area (Å²) in [5, 5.41) is 2.58. The Hall–Kier alpha value is -2.34. The Balaban J connectivity index is 2.35. The zero-order valence-corrected chi connectivity index (χ0v) is 19.1. The van der Waals surface area contributed by atoms with Gasteiger partial charge in [0, 0.05) is 11.7 Å². The molecular weight excluding hydrogens is 454 g/mol. The van der Waals surface area contributed by atoms with Crippen LogP contribution < -0.4 is 19.5 Å². The van der Waals surface area contributed by atoms with Crippen LogP contribution in [-0.2, 0) is 20.0 Å². The first-order valence-electron chi connectivity index (χ1n) is 8.61. The average molecular weight is 476 g/mol. The molecule has 0 fully saturated rings. The van der Waals surface area contributed by atoms with Crippen LogP contribution in [-0.4, -0.2) is 42.2 Å². The monoisotopic (exact) mass is 475 g/mol. The van der Waals surface area contributed by atoms with Gasteiger partial charge >= 0.3 is 0 Å². The minimum absolute atomic E-state index is 0.00497. The Morgan fingerprint density at radius 3 is 2.27 bits per heavy atom. The van der Waals surface area contributed by atoms with Crippen LogP contribution in [0.15, 0.2) is 41.3 Å². The molecule has 30 heavy (non-hydrogen) atoms. The number of benzene rings is 2. The largest absolute Gasteiger partial charge is 0.495 e. The number of methoxy groups -OCH3 is 1. The summed E-state index contributed by atoms with van der Waals surface area (Å²) in [5.74, 6) is -0.381. The van der Waals surface area contributed by atoms with Crippen molar-refractivity contribution in [3.05, 3.63) is 47.0 Å². The van der Waals surface area contributed by atoms with Crippen LogP contribution >= 0.6 is 11.6 Å². The molecule has 0 saturated heterocycles. The molecule has 1 amide bonds. The van der Waals surface area contributed by atoms with Crippen LogP contribution in [0.2, 0.25) is 5.02 Å². The molecule has 3 N–H and O–H groups in total. The Bertz CT molecular complexity index is 1160. The summed E-state index contributed by atoms with van der Waals surface area (Å²) >= 11 is 6.12. The minimum Gasteiger partial charge on any atom is -0.495 e. The van der Waals surface area contributed by atoms with E-state index in [1.807, 2.05) is 0 Å². The van der Waals surface area contributed by atoms with Crippen molar-refractivity contribution in [2.45, 2.75) is 24.8 Å². The van der Waals surface area contributed by atoms with Gasteiger partial charge in [-0.2, -0.15) is 0 Å². The van der Waals surface area contributed by atoms with Crippen LogP contribution in [0.4, 0.5) is 11.4 Å². The summed E-state index contributed by atoms with van der Waals surface area (Å²) in [6.45, 7) is 3.38. The van der Waals surface area contributed by atoms with E-state index < -0.39 is 26.0 Å². The normalized spacial score (nSPS) is 11.9. The molecule has 0 aromatic heterocycles. The fourth-order valence-corrected chi connectivity index (χ4v) is 4.60. The number of nitrogens with one attached hydrogen (secondary N) is 3. The smallest absolute Gasteiger partial charge is 0.257 e. The Kier molecular flexibility index (Phi) is 7.35. The molecule has 0 atom stereocenters. The summed E-state index contributed by atoms with van der Waals surface area (Å²) in [5.41, 5.74) is 0.388. The number of anilines is 2. The third-order valence-electron chi connectivity index (χ3n) is 3.64. The third-order valence-corrected chi connectivity index (χ3v) is 6.21. The summed E-state index contributed by atoms with van der Waals surface area (Å²) in [4.78, 5) is 12.6. The highest BCUT2D eigenvalue weighted by molar-refractivity contribution is 7.92. The molecule has 0 spiro atoms. The number of hydrogen-bond donors (Lipinski definition) is 3. The van der Waals surface area contributed by atoms with Gasteiger partial charge in [-0.15, -0.1) is 0 Å². The SMILES string of the molecule is COc1ccc(S(=O)(=O)NC(C)C)cc1NC(=O)c1ccc(NS(C)(=O)=O)cc1Cl. The van der Waals surface area contributed by atoms with Crippen molar-refractivity contribution in [3.63, 3.8) is 0 Å². The summed E-state index contributed by atoms with van der Waals surface area (Å²) in [6, 6.07) is 7.76. The molecule has 2 aromatic carbocycles. The first kappa shape index (κ1) is 23.9. The molecule has 0 aliphatic heterocycles. The van der Waals surface area contributed by atoms with Gasteiger partial charge in [-0.05, 0) is 50.2 Å². The number of rotatable bonds is 8. The second-order valence-electron chi connectivity index (χ2n) is 6.66. The highest BCUT2D eigenvalue weighted by Gasteiger charge is 2.20. The average Bonchev–Trinajstić information content (AvgIpc) is 2.59. The Labute approximate surface area is 180 Å². The maximum Gasteiger partial charge on any atom is 0.257 e. The molecule has 12 heteroatoms. The lowest BCUT2D eigenvalue weighted by Gasteiger charge is -2.15. The lowest BCUT2D eigenvalue weighted by molar-refractivity contribution is 0.102. The van der Waals surface area contributed by atoms with E-state index in [0.717, 1.165) is 6.26 Å². The molecule has 9 nitrogen and oxygen atoms in total. The van der Waals surface area contributed by atoms with E-state index in [9.17, 15) is 21.6 Å². The fourth-order valence-electron chi connectivity index (χ4n) is 2.50. The molecule has 0 radical (unpaired) electrons. The van der Waals surface area contributed by atoms with E-state index in [1.54, 1.807) is 13.8 Å². The Morgan fingerprint density at radius 2 is 1.73 bits per heavy atom. The minimum atomic E-state index is -3.79. The second-order valence-corrected chi connectivity index (χ2v) is 10.5. The van der Waals surface area contributed by atoms with Gasteiger partial charge in [0.1, 0.15) is 5.75 Å². The number of ether oxygens (including phenoxy) is 1. The summed E-state index contributed by atoms with van der Waals surface area (Å²) in [6.07, 6.45) is 0.989. The fraction of sp³-hybridized carbons (Fsp3) is 0.278. The van der Waals surface area contributed by atoms with E-state index in [1.165, 1.54) is 43.5 Å². The lowest BCUT2D eigenvalue weighted by Crippen LogP contribution is -2.30. The van der Waals surface area contributed by atoms with Gasteiger partial charge in [-0.25, -0.2) is 21.6 Å². The topological polar surface area (TPSA) is 131 Å². The van der Waals surface area contributed by atoms with E-state index >= 15 is 0 Å². The van der Waals surface area contributed by atoms with Crippen LogP contribution in [0.1, 0.15) is 24.2 Å². The molecule has 0 saturated carbocycles. The lowest BCUT2D eigenvalue weighted by atomic mass is 10.2. The molecule has 0 aliphatic rings. The highest BCUT2D eigenvalue weighted by atomic mass is 35.5. The number of amides is 1. The molecule has 0 unspecified atom stereocenters. The van der Waals surface area contributed by atoms with E-state index in [-0.39, 0.29) is 38.6 Å². The molecule has 2 aromatic rings. The number of sulfonamides is 2. The van der Waals surface area contributed by atoms with Gasteiger partial charge in [0.25, 0.3) is 5.91 Å². The maximum absolute atomic E-state index is 12.7. The van der Waals surface area contributed by atoms with Crippen molar-refractivity contribution in [1.82, 2.24) is 4.72 Å². The predicted molar refractivity (Wildman–Crippen MR) is 116 cm³/mol. The van der Waals surface area contributed by atoms with Crippen molar-refractivity contribution in [1.29, 1.82) is 0 Å². The number of hydrogen-bond acceptors (Lipinski definition) is 6. The molecule has 164 valence electrons. The summed E-state index contributed by atoms with van der Waals surface area (Å²) in [7, 11) is -5.91. The maximum atomic E-state index is 12.7. The van der Waals surface area contributed by atoms with Crippen molar-refractivity contribution < 1.29 is 26.4 Å². The second kappa shape index (κ2) is 9.21. The number of carbonyl (C=O) groups excluding carboxylic acids is 1. The van der Waals surface area contributed by atoms with Crippen molar-refractivity contribution in [3.8, 4) is 5.75 Å². The van der Waals surface area contributed by atoms with E-state index in [4.69, 9.17) is 16.3 Å². The molecule has 0 heterocycles. The zero-order chi connectivity index (χ0) is 22.7. The van der Waals surface area contributed by atoms with Crippen LogP contribution in [0, 0.1) is 0 Å². The van der Waals surface area contributed by atoms with Crippen LogP contribution in [0.25, 0.3) is 0 Å². The Morgan fingerprint density at radius 1 is 1.07 bits per heavy atom. The third kappa shape index (κ3) is 6.33. The highest BCUT2D eigenvalue weighted by Crippen LogP contribution is 2.29. The number of carbonyl (C=O) groups is 1. The molecule has 0 bridgehead atoms. The van der Waals surface area contributed by atoms with Crippen molar-refractivity contribution in [2.75, 3.05) is 23.4 Å². The van der Waals surface area contributed by atoms with Crippen LogP contribution in [0.5, 0.6) is 5.75 Å². The van der Waals surface area contributed by atoms with Gasteiger partial charge in [0.2, 0.25) is 20.0 Å². The van der Waals surface area contributed by atoms with Gasteiger partial charge in [-0.3, -0.25) is 9.52 Å². The van der Waals surface area contributed by atoms with Gasteiger partial charge in [0.05, 0.1) is 34.5 Å². The van der Waals surface area contributed by atoms with Crippen molar-refractivity contribution in [2.24, 2.45) is 0 Å². The molecular formula is C18H22ClN3O6S2. The standard InChI is InChI=1S/C18H22ClN3O6S2/c1-11(2)21-30(26,27)13-6-8-17(28-3)16(10-13)20-18(23)14-7-5-12(9-15(14)19)22-29(4,24)25/h5-11,21-22H,1-4H3,(H,20,23). The first-order valence-corrected chi connectivity index (χ1v) is 12.4. The predicted octanol–water partition coefficient (Wildman–Crippen LogP) is 2.66. The molecule has 0 aliphatic carbocycles. The number of halogens is 1. The first-order chi connectivity index (χ1) is 13.8. The summed E-state index contributed by atoms with van der Waals surface area (Å²) < 4.78 is 57.4. The van der Waals surface area contributed by atoms with Crippen LogP contribution in [0.3, 0.4) is 0 Å². The van der Waals surface area contributed by atoms with Gasteiger partial charge in [-0.1, -0.05) is 11.6 Å². The molecule has 2 rings (SSSR count). The van der Waals surface area contributed by atoms with Gasteiger partial charge in [0.15, 0.2) is 0 Å². The van der Waals surface area contributed by atoms with E-state index in [0.29, 0.717) is 0 Å². The van der Waals surface area contributed by atoms with Crippen molar-refractivity contribution >= 4 is 48.9 Å². The quantitative estimate of drug-likeness (QED) is 0.538.